The van der Waals surface area contributed by atoms with Crippen molar-refractivity contribution in [3.63, 3.8) is 0 Å². The van der Waals surface area contributed by atoms with Crippen molar-refractivity contribution in [2.24, 2.45) is 5.73 Å². The Morgan fingerprint density at radius 2 is 1.79 bits per heavy atom. The molecule has 0 saturated heterocycles. The van der Waals surface area contributed by atoms with Crippen molar-refractivity contribution in [3.05, 3.63) is 105 Å². The van der Waals surface area contributed by atoms with E-state index in [9.17, 15) is 23.2 Å². The van der Waals surface area contributed by atoms with E-state index in [0.29, 0.717) is 5.69 Å². The minimum Gasteiger partial charge on any atom is -0.493 e. The third kappa shape index (κ3) is 5.47. The molecule has 0 aliphatic carbocycles. The van der Waals surface area contributed by atoms with E-state index in [4.69, 9.17) is 26.8 Å². The van der Waals surface area contributed by atoms with Crippen molar-refractivity contribution >= 4 is 29.1 Å². The zero-order chi connectivity index (χ0) is 27.4. The van der Waals surface area contributed by atoms with Crippen LogP contribution in [0.25, 0.3) is 5.69 Å². The first kappa shape index (κ1) is 26.3. The number of amides is 2. The van der Waals surface area contributed by atoms with Gasteiger partial charge in [0.05, 0.1) is 6.61 Å². The quantitative estimate of drug-likeness (QED) is 0.333. The van der Waals surface area contributed by atoms with Crippen LogP contribution in [0.1, 0.15) is 27.8 Å². The van der Waals surface area contributed by atoms with Gasteiger partial charge in [0, 0.05) is 35.9 Å². The second kappa shape index (κ2) is 11.1. The Morgan fingerprint density at radius 3 is 2.45 bits per heavy atom. The molecule has 0 fully saturated rings. The van der Waals surface area contributed by atoms with E-state index in [0.717, 1.165) is 10.6 Å². The Labute approximate surface area is 219 Å². The molecule has 2 aromatic carbocycles. The van der Waals surface area contributed by atoms with E-state index in [1.165, 1.54) is 60.9 Å². The van der Waals surface area contributed by atoms with E-state index >= 15 is 0 Å². The molecule has 38 heavy (non-hydrogen) atoms. The van der Waals surface area contributed by atoms with Crippen LogP contribution in [0.5, 0.6) is 17.2 Å². The lowest BCUT2D eigenvalue weighted by atomic mass is 10.2. The molecule has 2 amide bonds. The fourth-order valence-corrected chi connectivity index (χ4v) is 3.70. The van der Waals surface area contributed by atoms with Crippen LogP contribution in [0.4, 0.5) is 14.5 Å². The summed E-state index contributed by atoms with van der Waals surface area (Å²) >= 11 is 6.06. The number of anilines is 1. The number of nitrogens with two attached hydrogens (primary N) is 1. The zero-order valence-corrected chi connectivity index (χ0v) is 20.5. The van der Waals surface area contributed by atoms with Gasteiger partial charge < -0.3 is 20.5 Å². The van der Waals surface area contributed by atoms with Gasteiger partial charge in [-0.05, 0) is 49.4 Å². The molecule has 2 heterocycles. The van der Waals surface area contributed by atoms with Crippen LogP contribution in [-0.2, 0) is 0 Å². The third-order valence-corrected chi connectivity index (χ3v) is 5.55. The van der Waals surface area contributed by atoms with Crippen LogP contribution in [0.2, 0.25) is 5.02 Å². The predicted octanol–water partition coefficient (Wildman–Crippen LogP) is 4.71. The van der Waals surface area contributed by atoms with Gasteiger partial charge in [-0.25, -0.2) is 13.8 Å². The largest absolute Gasteiger partial charge is 0.493 e. The van der Waals surface area contributed by atoms with Gasteiger partial charge in [-0.15, -0.1) is 0 Å². The van der Waals surface area contributed by atoms with E-state index in [1.807, 2.05) is 0 Å². The molecule has 0 bridgehead atoms. The Morgan fingerprint density at radius 1 is 1.05 bits per heavy atom. The van der Waals surface area contributed by atoms with Crippen LogP contribution in [-0.4, -0.2) is 28.0 Å². The number of hydrogen-bond donors (Lipinski definition) is 2. The molecule has 2 aromatic heterocycles. The van der Waals surface area contributed by atoms with Crippen molar-refractivity contribution in [1.82, 2.24) is 9.55 Å². The zero-order valence-electron chi connectivity index (χ0n) is 19.7. The normalized spacial score (nSPS) is 10.6. The first-order chi connectivity index (χ1) is 18.2. The summed E-state index contributed by atoms with van der Waals surface area (Å²) < 4.78 is 40.2. The van der Waals surface area contributed by atoms with E-state index < -0.39 is 29.0 Å². The fourth-order valence-electron chi connectivity index (χ4n) is 3.46. The lowest BCUT2D eigenvalue weighted by Gasteiger charge is -2.14. The average Bonchev–Trinajstić information content (AvgIpc) is 2.87. The maximum absolute atomic E-state index is 14.8. The lowest BCUT2D eigenvalue weighted by Crippen LogP contribution is -2.29. The van der Waals surface area contributed by atoms with Gasteiger partial charge in [0.25, 0.3) is 17.4 Å². The van der Waals surface area contributed by atoms with Gasteiger partial charge in [0.2, 0.25) is 0 Å². The number of halogens is 3. The smallest absolute Gasteiger partial charge is 0.271 e. The Bertz CT molecular complexity index is 1590. The molecule has 0 unspecified atom stereocenters. The maximum atomic E-state index is 14.8. The highest BCUT2D eigenvalue weighted by Crippen LogP contribution is 2.33. The molecular formula is C26H19ClF2N4O5. The van der Waals surface area contributed by atoms with E-state index in [2.05, 4.69) is 10.3 Å². The van der Waals surface area contributed by atoms with Crippen LogP contribution in [0, 0.1) is 11.6 Å². The first-order valence-electron chi connectivity index (χ1n) is 11.1. The van der Waals surface area contributed by atoms with Crippen molar-refractivity contribution in [2.75, 3.05) is 11.9 Å². The number of nitrogens with one attached hydrogen (secondary N) is 1. The summed E-state index contributed by atoms with van der Waals surface area (Å²) in [6, 6.07) is 11.4. The highest BCUT2D eigenvalue weighted by molar-refractivity contribution is 6.34. The van der Waals surface area contributed by atoms with Gasteiger partial charge in [-0.2, -0.15) is 0 Å². The Balaban J connectivity index is 1.62. The van der Waals surface area contributed by atoms with Gasteiger partial charge in [-0.1, -0.05) is 11.6 Å². The number of aromatic nitrogens is 2. The molecule has 0 atom stereocenters. The summed E-state index contributed by atoms with van der Waals surface area (Å²) in [6.07, 6.45) is 2.62. The van der Waals surface area contributed by atoms with Crippen LogP contribution >= 0.6 is 11.6 Å². The summed E-state index contributed by atoms with van der Waals surface area (Å²) in [7, 11) is 0. The van der Waals surface area contributed by atoms with Crippen LogP contribution in [0.15, 0.2) is 71.8 Å². The molecular weight excluding hydrogens is 522 g/mol. The number of hydrogen-bond acceptors (Lipinski definition) is 6. The molecule has 0 radical (unpaired) electrons. The standard InChI is InChI=1S/C26H19ClF2N4O5/c1-2-37-19-10-12-33(16-6-3-14(28)4-7-16)26(36)21(19)25(35)32-15-5-8-18(17(29)13-15)38-20-9-11-31-23(22(20)27)24(30)34/h3-13H,2H2,1H3,(H2,30,34)(H,32,35). The van der Waals surface area contributed by atoms with Gasteiger partial charge in [-0.3, -0.25) is 19.0 Å². The topological polar surface area (TPSA) is 126 Å². The van der Waals surface area contributed by atoms with Crippen molar-refractivity contribution in [1.29, 1.82) is 0 Å². The third-order valence-electron chi connectivity index (χ3n) is 5.18. The monoisotopic (exact) mass is 540 g/mol. The van der Waals surface area contributed by atoms with Crippen molar-refractivity contribution in [3.8, 4) is 22.9 Å². The van der Waals surface area contributed by atoms with Gasteiger partial charge >= 0.3 is 0 Å². The van der Waals surface area contributed by atoms with E-state index in [1.54, 1.807) is 6.92 Å². The summed E-state index contributed by atoms with van der Waals surface area (Å²) in [4.78, 5) is 41.5. The number of benzene rings is 2. The summed E-state index contributed by atoms with van der Waals surface area (Å²) in [5.74, 6) is -3.40. The number of carbonyl (C=O) groups excluding carboxylic acids is 2. The first-order valence-corrected chi connectivity index (χ1v) is 11.4. The lowest BCUT2D eigenvalue weighted by molar-refractivity contribution is 0.0992. The van der Waals surface area contributed by atoms with Crippen molar-refractivity contribution < 1.29 is 27.8 Å². The van der Waals surface area contributed by atoms with Gasteiger partial charge in [0.1, 0.15) is 33.6 Å². The van der Waals surface area contributed by atoms with Gasteiger partial charge in [0.15, 0.2) is 11.6 Å². The van der Waals surface area contributed by atoms with Crippen LogP contribution < -0.4 is 26.1 Å². The summed E-state index contributed by atoms with van der Waals surface area (Å²) in [5, 5.41) is 2.28. The molecule has 0 spiro atoms. The second-order valence-corrected chi connectivity index (χ2v) is 8.05. The minimum absolute atomic E-state index is 0.0116. The molecule has 0 saturated carbocycles. The summed E-state index contributed by atoms with van der Waals surface area (Å²) in [6.45, 7) is 1.86. The fraction of sp³-hybridized carbons (Fsp3) is 0.0769. The van der Waals surface area contributed by atoms with E-state index in [-0.39, 0.29) is 45.8 Å². The highest BCUT2D eigenvalue weighted by atomic mass is 35.5. The van der Waals surface area contributed by atoms with Crippen LogP contribution in [0.3, 0.4) is 0 Å². The maximum Gasteiger partial charge on any atom is 0.271 e. The number of carbonyl (C=O) groups is 2. The molecule has 3 N–H and O–H groups in total. The molecule has 12 heteroatoms. The number of ether oxygens (including phenoxy) is 2. The highest BCUT2D eigenvalue weighted by Gasteiger charge is 2.21. The van der Waals surface area contributed by atoms with Crippen molar-refractivity contribution in [2.45, 2.75) is 6.92 Å². The average molecular weight is 541 g/mol. The minimum atomic E-state index is -0.884. The Hall–Kier alpha value is -4.77. The molecule has 0 aliphatic heterocycles. The molecule has 194 valence electrons. The molecule has 4 rings (SSSR count). The molecule has 0 aliphatic rings. The predicted molar refractivity (Wildman–Crippen MR) is 135 cm³/mol. The number of nitrogens with zero attached hydrogens (tertiary/aromatic N) is 2. The summed E-state index contributed by atoms with van der Waals surface area (Å²) in [5.41, 5.74) is 4.25. The Kier molecular flexibility index (Phi) is 7.68. The number of primary amides is 1. The number of pyridine rings is 2. The molecule has 9 nitrogen and oxygen atoms in total. The molecule has 4 aromatic rings. The second-order valence-electron chi connectivity index (χ2n) is 7.68. The SMILES string of the molecule is CCOc1ccn(-c2ccc(F)cc2)c(=O)c1C(=O)Nc1ccc(Oc2ccnc(C(N)=O)c2Cl)c(F)c1. The number of rotatable bonds is 8.